The number of allylic oxidation sites excluding steroid dienone is 1. The molecule has 1 N–H and O–H groups in total. The molecule has 3 rings (SSSR count). The Hall–Kier alpha value is -3.29. The fourth-order valence-electron chi connectivity index (χ4n) is 3.93. The van der Waals surface area contributed by atoms with Crippen LogP contribution in [0.25, 0.3) is 5.69 Å². The lowest BCUT2D eigenvalue weighted by Crippen LogP contribution is -2.35. The average molecular weight is 428 g/mol. The third-order valence-corrected chi connectivity index (χ3v) is 5.70. The minimum absolute atomic E-state index is 0.287. The molecule has 1 aliphatic rings. The van der Waals surface area contributed by atoms with Gasteiger partial charge in [0.15, 0.2) is 5.56 Å². The summed E-state index contributed by atoms with van der Waals surface area (Å²) in [6.07, 6.45) is 4.39. The van der Waals surface area contributed by atoms with Crippen molar-refractivity contribution in [2.45, 2.75) is 32.6 Å². The van der Waals surface area contributed by atoms with Gasteiger partial charge in [-0.2, -0.15) is 4.98 Å². The average Bonchev–Trinajstić information content (AvgIpc) is 3.26. The number of benzene rings is 1. The highest BCUT2D eigenvalue weighted by atomic mass is 16.5. The monoisotopic (exact) mass is 427 g/mol. The second kappa shape index (κ2) is 9.68. The van der Waals surface area contributed by atoms with Crippen LogP contribution in [0, 0.1) is 5.92 Å². The van der Waals surface area contributed by atoms with Crippen LogP contribution in [0.1, 0.15) is 42.4 Å². The number of aromatic hydroxyl groups is 1. The van der Waals surface area contributed by atoms with E-state index in [1.807, 2.05) is 0 Å². The first-order valence-corrected chi connectivity index (χ1v) is 10.4. The summed E-state index contributed by atoms with van der Waals surface area (Å²) >= 11 is 0. The van der Waals surface area contributed by atoms with Crippen LogP contribution in [0.2, 0.25) is 0 Å². The number of ether oxygens (including phenoxy) is 2. The molecule has 0 saturated carbocycles. The van der Waals surface area contributed by atoms with Gasteiger partial charge in [0.05, 0.1) is 14.2 Å². The molecule has 8 heteroatoms. The van der Waals surface area contributed by atoms with E-state index in [4.69, 9.17) is 9.47 Å². The van der Waals surface area contributed by atoms with E-state index in [1.165, 1.54) is 18.8 Å². The number of hydrogen-bond donors (Lipinski definition) is 1. The van der Waals surface area contributed by atoms with Crippen LogP contribution in [0.15, 0.2) is 35.6 Å². The van der Waals surface area contributed by atoms with Crippen molar-refractivity contribution in [1.82, 2.24) is 14.5 Å². The molecular formula is C23H29N3O5. The number of aryl methyl sites for hydroxylation is 1. The topological polar surface area (TPSA) is 93.9 Å². The van der Waals surface area contributed by atoms with Gasteiger partial charge in [-0.25, -0.2) is 0 Å². The number of methoxy groups -OCH3 is 2. The van der Waals surface area contributed by atoms with Crippen LogP contribution in [-0.2, 0) is 6.42 Å². The standard InChI is InChI=1S/C23H29N3O5/c1-5-7-11-18-24-21(27)19(22(28)25-13-12-15(6-2)14-25)23(29)26(18)20-16(30-3)9-8-10-17(20)31-4/h5,8-10,15,29H,1,6-7,11-14H2,2-4H3/t15-/m1/s1. The summed E-state index contributed by atoms with van der Waals surface area (Å²) in [5.74, 6) is 0.517. The van der Waals surface area contributed by atoms with Gasteiger partial charge in [0, 0.05) is 19.5 Å². The van der Waals surface area contributed by atoms with Crippen molar-refractivity contribution in [2.75, 3.05) is 27.3 Å². The van der Waals surface area contributed by atoms with Crippen molar-refractivity contribution in [1.29, 1.82) is 0 Å². The fourth-order valence-corrected chi connectivity index (χ4v) is 3.93. The molecule has 0 aliphatic carbocycles. The molecule has 31 heavy (non-hydrogen) atoms. The third-order valence-electron chi connectivity index (χ3n) is 5.70. The second-order valence-electron chi connectivity index (χ2n) is 7.52. The van der Waals surface area contributed by atoms with E-state index in [2.05, 4.69) is 18.5 Å². The van der Waals surface area contributed by atoms with E-state index in [1.54, 1.807) is 29.2 Å². The Morgan fingerprint density at radius 2 is 2.00 bits per heavy atom. The Kier molecular flexibility index (Phi) is 6.99. The maximum Gasteiger partial charge on any atom is 0.289 e. The number of carbonyl (C=O) groups excluding carboxylic acids is 1. The Morgan fingerprint density at radius 1 is 1.32 bits per heavy atom. The van der Waals surface area contributed by atoms with Crippen molar-refractivity contribution in [2.24, 2.45) is 5.92 Å². The van der Waals surface area contributed by atoms with Crippen molar-refractivity contribution in [3.8, 4) is 23.1 Å². The lowest BCUT2D eigenvalue weighted by molar-refractivity contribution is 0.0780. The molecule has 1 aromatic carbocycles. The van der Waals surface area contributed by atoms with Crippen molar-refractivity contribution in [3.63, 3.8) is 0 Å². The zero-order valence-electron chi connectivity index (χ0n) is 18.3. The van der Waals surface area contributed by atoms with Gasteiger partial charge < -0.3 is 19.5 Å². The third kappa shape index (κ3) is 4.28. The first-order valence-electron chi connectivity index (χ1n) is 10.4. The van der Waals surface area contributed by atoms with Crippen LogP contribution in [-0.4, -0.2) is 52.8 Å². The van der Waals surface area contributed by atoms with Crippen molar-refractivity contribution >= 4 is 5.91 Å². The summed E-state index contributed by atoms with van der Waals surface area (Å²) < 4.78 is 12.3. The molecule has 0 radical (unpaired) electrons. The van der Waals surface area contributed by atoms with Gasteiger partial charge in [-0.15, -0.1) is 6.58 Å². The number of para-hydroxylation sites is 1. The normalized spacial score (nSPS) is 15.7. The summed E-state index contributed by atoms with van der Waals surface area (Å²) in [6, 6.07) is 5.17. The molecule has 1 aromatic heterocycles. The van der Waals surface area contributed by atoms with Gasteiger partial charge in [0.2, 0.25) is 5.88 Å². The first kappa shape index (κ1) is 22.4. The van der Waals surface area contributed by atoms with Crippen LogP contribution < -0.4 is 15.0 Å². The predicted octanol–water partition coefficient (Wildman–Crippen LogP) is 2.95. The molecule has 2 heterocycles. The largest absolute Gasteiger partial charge is 0.494 e. The molecule has 1 saturated heterocycles. The highest BCUT2D eigenvalue weighted by Gasteiger charge is 2.32. The lowest BCUT2D eigenvalue weighted by atomic mass is 10.1. The molecular weight excluding hydrogens is 398 g/mol. The van der Waals surface area contributed by atoms with Gasteiger partial charge >= 0.3 is 0 Å². The number of aromatic nitrogens is 2. The van der Waals surface area contributed by atoms with Gasteiger partial charge in [-0.05, 0) is 30.9 Å². The summed E-state index contributed by atoms with van der Waals surface area (Å²) in [6.45, 7) is 6.90. The smallest absolute Gasteiger partial charge is 0.289 e. The molecule has 1 aliphatic heterocycles. The molecule has 0 unspecified atom stereocenters. The minimum atomic E-state index is -0.744. The quantitative estimate of drug-likeness (QED) is 0.651. The predicted molar refractivity (Wildman–Crippen MR) is 117 cm³/mol. The molecule has 1 atom stereocenters. The van der Waals surface area contributed by atoms with E-state index < -0.39 is 17.3 Å². The van der Waals surface area contributed by atoms with Crippen LogP contribution in [0.5, 0.6) is 17.4 Å². The van der Waals surface area contributed by atoms with Gasteiger partial charge in [0.1, 0.15) is 23.0 Å². The van der Waals surface area contributed by atoms with Crippen LogP contribution >= 0.6 is 0 Å². The Bertz CT molecular complexity index is 1010. The summed E-state index contributed by atoms with van der Waals surface area (Å²) in [5, 5.41) is 11.2. The molecule has 0 bridgehead atoms. The fraction of sp³-hybridized carbons (Fsp3) is 0.435. The van der Waals surface area contributed by atoms with Gasteiger partial charge in [0.25, 0.3) is 11.5 Å². The zero-order valence-corrected chi connectivity index (χ0v) is 18.3. The molecule has 2 aromatic rings. The van der Waals surface area contributed by atoms with Gasteiger partial charge in [-0.3, -0.25) is 14.2 Å². The highest BCUT2D eigenvalue weighted by molar-refractivity contribution is 5.96. The van der Waals surface area contributed by atoms with E-state index in [0.717, 1.165) is 12.8 Å². The second-order valence-corrected chi connectivity index (χ2v) is 7.52. The number of likely N-dealkylation sites (tertiary alicyclic amines) is 1. The van der Waals surface area contributed by atoms with E-state index in [9.17, 15) is 14.7 Å². The minimum Gasteiger partial charge on any atom is -0.494 e. The molecule has 166 valence electrons. The SMILES string of the molecule is C=CCCc1nc(=O)c(C(=O)N2CC[C@@H](CC)C2)c(O)n1-c1c(OC)cccc1OC. The molecule has 0 spiro atoms. The van der Waals surface area contributed by atoms with E-state index in [-0.39, 0.29) is 11.4 Å². The number of hydrogen-bond acceptors (Lipinski definition) is 6. The van der Waals surface area contributed by atoms with Crippen molar-refractivity contribution < 1.29 is 19.4 Å². The molecule has 1 fully saturated rings. The number of nitrogens with zero attached hydrogens (tertiary/aromatic N) is 3. The lowest BCUT2D eigenvalue weighted by Gasteiger charge is -2.22. The summed E-state index contributed by atoms with van der Waals surface area (Å²) in [5.41, 5.74) is -0.711. The summed E-state index contributed by atoms with van der Waals surface area (Å²) in [7, 11) is 2.99. The van der Waals surface area contributed by atoms with E-state index in [0.29, 0.717) is 49.0 Å². The van der Waals surface area contributed by atoms with E-state index >= 15 is 0 Å². The number of amides is 1. The van der Waals surface area contributed by atoms with Crippen molar-refractivity contribution in [3.05, 3.63) is 52.6 Å². The van der Waals surface area contributed by atoms with Crippen LogP contribution in [0.3, 0.4) is 0 Å². The maximum absolute atomic E-state index is 13.2. The van der Waals surface area contributed by atoms with Crippen LogP contribution in [0.4, 0.5) is 0 Å². The Morgan fingerprint density at radius 3 is 2.55 bits per heavy atom. The highest BCUT2D eigenvalue weighted by Crippen LogP contribution is 2.36. The number of rotatable bonds is 8. The number of carbonyl (C=O) groups is 1. The Balaban J connectivity index is 2.23. The zero-order chi connectivity index (χ0) is 22.5. The summed E-state index contributed by atoms with van der Waals surface area (Å²) in [4.78, 5) is 31.8. The van der Waals surface area contributed by atoms with Gasteiger partial charge in [-0.1, -0.05) is 25.5 Å². The maximum atomic E-state index is 13.2. The first-order chi connectivity index (χ1) is 15.0. The molecule has 1 amide bonds. The molecule has 8 nitrogen and oxygen atoms in total. The Labute approximate surface area is 181 Å².